The lowest BCUT2D eigenvalue weighted by Crippen LogP contribution is -2.35. The van der Waals surface area contributed by atoms with Crippen molar-refractivity contribution in [3.8, 4) is 6.07 Å². The predicted octanol–water partition coefficient (Wildman–Crippen LogP) is 3.89. The van der Waals surface area contributed by atoms with E-state index in [0.29, 0.717) is 23.1 Å². The minimum absolute atomic E-state index is 0.266. The van der Waals surface area contributed by atoms with Gasteiger partial charge in [-0.3, -0.25) is 4.79 Å². The summed E-state index contributed by atoms with van der Waals surface area (Å²) in [6, 6.07) is 5.78. The molecule has 102 valence electrons. The van der Waals surface area contributed by atoms with Crippen LogP contribution in [0.5, 0.6) is 0 Å². The number of nitrogens with one attached hydrogen (secondary N) is 1. The van der Waals surface area contributed by atoms with Crippen LogP contribution < -0.4 is 5.32 Å². The Bertz CT molecular complexity index is 476. The van der Waals surface area contributed by atoms with Gasteiger partial charge in [0.05, 0.1) is 10.5 Å². The summed E-state index contributed by atoms with van der Waals surface area (Å²) in [5.74, 6) is 0.192. The van der Waals surface area contributed by atoms with E-state index in [1.54, 1.807) is 18.3 Å². The molecule has 0 fully saturated rings. The van der Waals surface area contributed by atoms with Gasteiger partial charge < -0.3 is 5.32 Å². The number of nitriles is 1. The molecule has 0 saturated heterocycles. The van der Waals surface area contributed by atoms with Crippen LogP contribution >= 0.6 is 15.9 Å². The SMILES string of the molecule is CCCC(C#N)(CCC)C(=O)Nc1ncccc1Br. The molecule has 4 nitrogen and oxygen atoms in total. The molecule has 1 N–H and O–H groups in total. The van der Waals surface area contributed by atoms with Gasteiger partial charge in [-0.05, 0) is 40.9 Å². The summed E-state index contributed by atoms with van der Waals surface area (Å²) in [4.78, 5) is 16.5. The maximum absolute atomic E-state index is 12.4. The number of hydrogen-bond acceptors (Lipinski definition) is 3. The topological polar surface area (TPSA) is 65.8 Å². The smallest absolute Gasteiger partial charge is 0.246 e. The van der Waals surface area contributed by atoms with Crippen LogP contribution in [0, 0.1) is 16.7 Å². The van der Waals surface area contributed by atoms with Gasteiger partial charge in [-0.2, -0.15) is 5.26 Å². The predicted molar refractivity (Wildman–Crippen MR) is 78.4 cm³/mol. The summed E-state index contributed by atoms with van der Waals surface area (Å²) in [5.41, 5.74) is -0.958. The highest BCUT2D eigenvalue weighted by molar-refractivity contribution is 9.10. The zero-order valence-electron chi connectivity index (χ0n) is 11.2. The Balaban J connectivity index is 2.95. The zero-order chi connectivity index (χ0) is 14.3. The van der Waals surface area contributed by atoms with E-state index in [9.17, 15) is 10.1 Å². The van der Waals surface area contributed by atoms with Crippen molar-refractivity contribution in [2.75, 3.05) is 5.32 Å². The van der Waals surface area contributed by atoms with E-state index in [1.807, 2.05) is 13.8 Å². The molecule has 0 unspecified atom stereocenters. The van der Waals surface area contributed by atoms with Crippen LogP contribution in [0.2, 0.25) is 0 Å². The molecule has 5 heteroatoms. The zero-order valence-corrected chi connectivity index (χ0v) is 12.8. The monoisotopic (exact) mass is 323 g/mol. The van der Waals surface area contributed by atoms with E-state index >= 15 is 0 Å². The normalized spacial score (nSPS) is 10.8. The van der Waals surface area contributed by atoms with Crippen LogP contribution in [0.1, 0.15) is 39.5 Å². The Labute approximate surface area is 122 Å². The molecule has 1 aromatic rings. The number of carbonyl (C=O) groups is 1. The molecule has 19 heavy (non-hydrogen) atoms. The number of aromatic nitrogens is 1. The highest BCUT2D eigenvalue weighted by Crippen LogP contribution is 2.31. The molecule has 1 aromatic heterocycles. The summed E-state index contributed by atoms with van der Waals surface area (Å²) < 4.78 is 0.711. The largest absolute Gasteiger partial charge is 0.308 e. The van der Waals surface area contributed by atoms with Crippen molar-refractivity contribution in [2.24, 2.45) is 5.41 Å². The fraction of sp³-hybridized carbons (Fsp3) is 0.500. The molecule has 0 bridgehead atoms. The van der Waals surface area contributed by atoms with E-state index in [-0.39, 0.29) is 5.91 Å². The van der Waals surface area contributed by atoms with Crippen molar-refractivity contribution in [3.05, 3.63) is 22.8 Å². The quantitative estimate of drug-likeness (QED) is 0.863. The van der Waals surface area contributed by atoms with Gasteiger partial charge in [-0.15, -0.1) is 0 Å². The molecular weight excluding hydrogens is 306 g/mol. The first-order valence-corrected chi connectivity index (χ1v) is 7.22. The molecule has 1 amide bonds. The van der Waals surface area contributed by atoms with Gasteiger partial charge in [0.1, 0.15) is 11.2 Å². The summed E-state index contributed by atoms with van der Waals surface area (Å²) in [6.45, 7) is 3.96. The maximum Gasteiger partial charge on any atom is 0.246 e. The Morgan fingerprint density at radius 2 is 2.11 bits per heavy atom. The average molecular weight is 324 g/mol. The van der Waals surface area contributed by atoms with E-state index in [4.69, 9.17) is 0 Å². The number of carbonyl (C=O) groups excluding carboxylic acids is 1. The van der Waals surface area contributed by atoms with E-state index < -0.39 is 5.41 Å². The second-order valence-corrected chi connectivity index (χ2v) is 5.34. The Hall–Kier alpha value is -1.41. The van der Waals surface area contributed by atoms with Crippen molar-refractivity contribution >= 4 is 27.7 Å². The van der Waals surface area contributed by atoms with Crippen LogP contribution in [-0.4, -0.2) is 10.9 Å². The number of halogens is 1. The first-order valence-electron chi connectivity index (χ1n) is 6.43. The Morgan fingerprint density at radius 1 is 1.47 bits per heavy atom. The molecule has 1 rings (SSSR count). The van der Waals surface area contributed by atoms with Crippen LogP contribution in [0.3, 0.4) is 0 Å². The Morgan fingerprint density at radius 3 is 2.58 bits per heavy atom. The fourth-order valence-electron chi connectivity index (χ4n) is 2.07. The van der Waals surface area contributed by atoms with Gasteiger partial charge in [0, 0.05) is 6.20 Å². The van der Waals surface area contributed by atoms with Crippen molar-refractivity contribution in [3.63, 3.8) is 0 Å². The molecule has 0 aliphatic heterocycles. The number of anilines is 1. The van der Waals surface area contributed by atoms with E-state index in [2.05, 4.69) is 32.3 Å². The molecule has 0 saturated carbocycles. The first kappa shape index (κ1) is 15.6. The van der Waals surface area contributed by atoms with Gasteiger partial charge in [0.15, 0.2) is 0 Å². The van der Waals surface area contributed by atoms with Gasteiger partial charge in [-0.25, -0.2) is 4.98 Å². The fourth-order valence-corrected chi connectivity index (χ4v) is 2.43. The summed E-state index contributed by atoms with van der Waals surface area (Å²) in [6.07, 6.45) is 4.32. The highest BCUT2D eigenvalue weighted by atomic mass is 79.9. The van der Waals surface area contributed by atoms with Gasteiger partial charge in [0.2, 0.25) is 5.91 Å². The number of pyridine rings is 1. The van der Waals surface area contributed by atoms with Crippen molar-refractivity contribution in [2.45, 2.75) is 39.5 Å². The third-order valence-corrected chi connectivity index (χ3v) is 3.63. The standard InChI is InChI=1S/C14H18BrN3O/c1-3-7-14(10-16,8-4-2)13(19)18-12-11(15)6-5-9-17-12/h5-6,9H,3-4,7-8H2,1-2H3,(H,17,18,19). The lowest BCUT2D eigenvalue weighted by molar-refractivity contribution is -0.123. The van der Waals surface area contributed by atoms with Crippen molar-refractivity contribution in [1.82, 2.24) is 4.98 Å². The minimum Gasteiger partial charge on any atom is -0.308 e. The van der Waals surface area contributed by atoms with Gasteiger partial charge >= 0.3 is 0 Å². The summed E-state index contributed by atoms with van der Waals surface area (Å²) >= 11 is 3.33. The minimum atomic E-state index is -0.958. The number of nitrogens with zero attached hydrogens (tertiary/aromatic N) is 2. The molecule has 1 heterocycles. The molecule has 0 aliphatic rings. The number of hydrogen-bond donors (Lipinski definition) is 1. The lowest BCUT2D eigenvalue weighted by Gasteiger charge is -2.24. The number of amides is 1. The van der Waals surface area contributed by atoms with Gasteiger partial charge in [-0.1, -0.05) is 26.7 Å². The summed E-state index contributed by atoms with van der Waals surface area (Å²) in [5, 5.41) is 12.2. The maximum atomic E-state index is 12.4. The van der Waals surface area contributed by atoms with Crippen LogP contribution in [0.15, 0.2) is 22.8 Å². The molecule has 0 atom stereocenters. The first-order chi connectivity index (χ1) is 9.09. The van der Waals surface area contributed by atoms with Crippen molar-refractivity contribution < 1.29 is 4.79 Å². The second-order valence-electron chi connectivity index (χ2n) is 4.48. The lowest BCUT2D eigenvalue weighted by atomic mass is 9.80. The average Bonchev–Trinajstić information content (AvgIpc) is 2.41. The molecule has 0 radical (unpaired) electrons. The van der Waals surface area contributed by atoms with E-state index in [0.717, 1.165) is 12.8 Å². The number of rotatable bonds is 6. The summed E-state index contributed by atoms with van der Waals surface area (Å²) in [7, 11) is 0. The van der Waals surface area contributed by atoms with Crippen LogP contribution in [-0.2, 0) is 4.79 Å². The third-order valence-electron chi connectivity index (χ3n) is 2.99. The third kappa shape index (κ3) is 3.77. The van der Waals surface area contributed by atoms with E-state index in [1.165, 1.54) is 0 Å². The highest BCUT2D eigenvalue weighted by Gasteiger charge is 2.37. The van der Waals surface area contributed by atoms with Crippen molar-refractivity contribution in [1.29, 1.82) is 5.26 Å². The van der Waals surface area contributed by atoms with Crippen LogP contribution in [0.4, 0.5) is 5.82 Å². The molecule has 0 aromatic carbocycles. The van der Waals surface area contributed by atoms with Crippen LogP contribution in [0.25, 0.3) is 0 Å². The molecule has 0 aliphatic carbocycles. The molecule has 0 spiro atoms. The Kier molecular flexibility index (Phi) is 5.97. The second kappa shape index (κ2) is 7.25. The van der Waals surface area contributed by atoms with Gasteiger partial charge in [0.25, 0.3) is 0 Å². The molecular formula is C14H18BrN3O.